The number of aliphatic hydroxyl groups excluding tert-OH is 1. The molecule has 0 spiro atoms. The molecule has 3 saturated carbocycles. The first-order valence-electron chi connectivity index (χ1n) is 11.6. The van der Waals surface area contributed by atoms with Crippen molar-refractivity contribution in [1.82, 2.24) is 0 Å². The zero-order valence-corrected chi connectivity index (χ0v) is 19.1. The molecule has 4 rings (SSSR count). The van der Waals surface area contributed by atoms with Gasteiger partial charge in [0, 0.05) is 23.2 Å². The van der Waals surface area contributed by atoms with E-state index in [2.05, 4.69) is 0 Å². The molecule has 0 aromatic rings. The summed E-state index contributed by atoms with van der Waals surface area (Å²) in [7, 11) is 0. The minimum absolute atomic E-state index is 0.0663. The summed E-state index contributed by atoms with van der Waals surface area (Å²) >= 11 is 0. The summed E-state index contributed by atoms with van der Waals surface area (Å²) in [5, 5.41) is 11.3. The van der Waals surface area contributed by atoms with Crippen LogP contribution in [-0.4, -0.2) is 46.2 Å². The van der Waals surface area contributed by atoms with Gasteiger partial charge < -0.3 is 9.84 Å². The Kier molecular flexibility index (Phi) is 5.31. The topological polar surface area (TPSA) is 80.7 Å². The number of hydrogen-bond acceptors (Lipinski definition) is 5. The molecule has 0 saturated heterocycles. The lowest BCUT2D eigenvalue weighted by molar-refractivity contribution is -0.228. The molecule has 4 aliphatic carbocycles. The lowest BCUT2D eigenvalue weighted by Gasteiger charge is -2.63. The van der Waals surface area contributed by atoms with Gasteiger partial charge in [-0.15, -0.1) is 0 Å². The largest absolute Gasteiger partial charge is 0.450 e. The van der Waals surface area contributed by atoms with Gasteiger partial charge in [-0.3, -0.25) is 14.4 Å². The second-order valence-corrected chi connectivity index (χ2v) is 10.5. The molecule has 0 bridgehead atoms. The van der Waals surface area contributed by atoms with E-state index in [1.807, 2.05) is 6.92 Å². The summed E-state index contributed by atoms with van der Waals surface area (Å²) in [5.74, 6) is -2.56. The molecule has 0 aromatic carbocycles. The third kappa shape index (κ3) is 2.72. The normalized spacial score (nSPS) is 47.2. The summed E-state index contributed by atoms with van der Waals surface area (Å²) in [5.41, 5.74) is -6.09. The Morgan fingerprint density at radius 2 is 1.97 bits per heavy atom. The van der Waals surface area contributed by atoms with E-state index < -0.39 is 58.0 Å². The Morgan fingerprint density at radius 3 is 2.59 bits per heavy atom. The Hall–Kier alpha value is -1.89. The van der Waals surface area contributed by atoms with Crippen LogP contribution in [0.4, 0.5) is 8.78 Å². The molecular weight excluding hydrogens is 418 g/mol. The van der Waals surface area contributed by atoms with Gasteiger partial charge >= 0.3 is 5.97 Å². The van der Waals surface area contributed by atoms with Crippen molar-refractivity contribution in [2.24, 2.45) is 22.7 Å². The summed E-state index contributed by atoms with van der Waals surface area (Å²) in [6, 6.07) is 0. The summed E-state index contributed by atoms with van der Waals surface area (Å²) in [6.45, 7) is 6.52. The number of allylic oxidation sites excluding steroid dienone is 4. The first kappa shape index (κ1) is 23.3. The van der Waals surface area contributed by atoms with Crippen molar-refractivity contribution in [3.05, 3.63) is 23.8 Å². The Balaban J connectivity index is 1.81. The number of fused-ring (bicyclic) bond motifs is 5. The molecular formula is C25H32F2O5. The molecule has 3 fully saturated rings. The van der Waals surface area contributed by atoms with Crippen LogP contribution < -0.4 is 0 Å². The fourth-order valence-electron chi connectivity index (χ4n) is 7.46. The van der Waals surface area contributed by atoms with Crippen LogP contribution >= 0.6 is 0 Å². The Bertz CT molecular complexity index is 927. The maximum atomic E-state index is 17.1. The first-order chi connectivity index (χ1) is 14.9. The third-order valence-electron chi connectivity index (χ3n) is 9.06. The number of halogens is 2. The summed E-state index contributed by atoms with van der Waals surface area (Å²) in [4.78, 5) is 37.3. The second-order valence-electron chi connectivity index (χ2n) is 10.5. The van der Waals surface area contributed by atoms with E-state index in [0.717, 1.165) is 6.08 Å². The van der Waals surface area contributed by atoms with Crippen molar-refractivity contribution in [2.45, 2.75) is 89.8 Å². The van der Waals surface area contributed by atoms with Gasteiger partial charge in [-0.05, 0) is 69.6 Å². The number of carbonyl (C=O) groups is 3. The molecule has 4 aliphatic rings. The van der Waals surface area contributed by atoms with Crippen molar-refractivity contribution in [3.8, 4) is 0 Å². The van der Waals surface area contributed by atoms with Gasteiger partial charge in [0.25, 0.3) is 0 Å². The number of ketones is 2. The number of Topliss-reactive ketones (excluding diaryl/α,β-unsaturated/α-hetero) is 1. The molecule has 1 N–H and O–H groups in total. The van der Waals surface area contributed by atoms with Crippen LogP contribution in [0.2, 0.25) is 0 Å². The van der Waals surface area contributed by atoms with Gasteiger partial charge in [0.1, 0.15) is 6.17 Å². The van der Waals surface area contributed by atoms with Crippen molar-refractivity contribution < 1.29 is 33.0 Å². The molecule has 0 aliphatic heterocycles. The van der Waals surface area contributed by atoms with Crippen LogP contribution in [0.25, 0.3) is 0 Å². The van der Waals surface area contributed by atoms with Crippen molar-refractivity contribution >= 4 is 17.5 Å². The zero-order chi connectivity index (χ0) is 23.7. The van der Waals surface area contributed by atoms with Gasteiger partial charge in [-0.25, -0.2) is 8.78 Å². The maximum absolute atomic E-state index is 17.1. The fraction of sp³-hybridized carbons (Fsp3) is 0.720. The van der Waals surface area contributed by atoms with Crippen molar-refractivity contribution in [1.29, 1.82) is 0 Å². The molecule has 176 valence electrons. The molecule has 0 radical (unpaired) electrons. The van der Waals surface area contributed by atoms with E-state index in [1.54, 1.807) is 13.8 Å². The number of hydrogen-bond donors (Lipinski definition) is 1. The van der Waals surface area contributed by atoms with Gasteiger partial charge in [-0.1, -0.05) is 19.9 Å². The standard InChI is InChI=1S/C25H32F2O5/c1-5-6-21(31)32-24(14(2)28)10-8-16-17-12-19(26)18-11-15(29)7-9-22(18,3)25(17,27)20(30)13-23(16,24)4/h7,9,11,16-17,19-20,30H,5-6,8,10,12-13H2,1-4H3/t16?,17?,19-,20?,22?,23?,24-,25-/m0/s1. The number of esters is 1. The second kappa shape index (κ2) is 7.31. The van der Waals surface area contributed by atoms with Crippen LogP contribution in [0.5, 0.6) is 0 Å². The SMILES string of the molecule is CCCC(=O)O[C@]1(C(C)=O)CCC2C3C[C@H](F)C4=CC(=O)C=CC4(C)[C@@]3(F)C(O)CC21C. The van der Waals surface area contributed by atoms with Crippen LogP contribution in [0, 0.1) is 22.7 Å². The van der Waals surface area contributed by atoms with Crippen molar-refractivity contribution in [2.75, 3.05) is 0 Å². The average Bonchev–Trinajstić information content (AvgIpc) is 2.99. The number of alkyl halides is 2. The molecule has 5 unspecified atom stereocenters. The Labute approximate surface area is 187 Å². The lowest BCUT2D eigenvalue weighted by Crippen LogP contribution is -2.70. The highest BCUT2D eigenvalue weighted by atomic mass is 19.1. The third-order valence-corrected chi connectivity index (χ3v) is 9.06. The molecule has 32 heavy (non-hydrogen) atoms. The number of ether oxygens (including phenoxy) is 1. The number of carbonyl (C=O) groups excluding carboxylic acids is 3. The van der Waals surface area contributed by atoms with Gasteiger partial charge in [0.05, 0.1) is 6.10 Å². The van der Waals surface area contributed by atoms with E-state index in [1.165, 1.54) is 19.1 Å². The summed E-state index contributed by atoms with van der Waals surface area (Å²) < 4.78 is 38.3. The fourth-order valence-corrected chi connectivity index (χ4v) is 7.46. The highest BCUT2D eigenvalue weighted by Gasteiger charge is 2.76. The Morgan fingerprint density at radius 1 is 1.28 bits per heavy atom. The van der Waals surface area contributed by atoms with E-state index in [9.17, 15) is 19.5 Å². The summed E-state index contributed by atoms with van der Waals surface area (Å²) in [6.07, 6.45) is 1.79. The highest BCUT2D eigenvalue weighted by molar-refractivity contribution is 6.01. The number of rotatable bonds is 4. The molecule has 0 amide bonds. The number of aliphatic hydroxyl groups is 1. The van der Waals surface area contributed by atoms with Crippen LogP contribution in [0.15, 0.2) is 23.8 Å². The van der Waals surface area contributed by atoms with Gasteiger partial charge in [0.2, 0.25) is 0 Å². The average molecular weight is 451 g/mol. The van der Waals surface area contributed by atoms with E-state index >= 15 is 8.78 Å². The maximum Gasteiger partial charge on any atom is 0.306 e. The van der Waals surface area contributed by atoms with Gasteiger partial charge in [-0.2, -0.15) is 0 Å². The van der Waals surface area contributed by atoms with Crippen molar-refractivity contribution in [3.63, 3.8) is 0 Å². The van der Waals surface area contributed by atoms with E-state index in [0.29, 0.717) is 12.8 Å². The predicted molar refractivity (Wildman–Crippen MR) is 113 cm³/mol. The minimum Gasteiger partial charge on any atom is -0.450 e. The minimum atomic E-state index is -2.21. The quantitative estimate of drug-likeness (QED) is 0.656. The first-order valence-corrected chi connectivity index (χ1v) is 11.6. The van der Waals surface area contributed by atoms with Gasteiger partial charge in [0.15, 0.2) is 22.8 Å². The van der Waals surface area contributed by atoms with Crippen LogP contribution in [-0.2, 0) is 19.1 Å². The smallest absolute Gasteiger partial charge is 0.306 e. The van der Waals surface area contributed by atoms with Crippen LogP contribution in [0.3, 0.4) is 0 Å². The van der Waals surface area contributed by atoms with Crippen LogP contribution in [0.1, 0.15) is 66.2 Å². The molecule has 7 heteroatoms. The van der Waals surface area contributed by atoms with E-state index in [-0.39, 0.29) is 37.0 Å². The predicted octanol–water partition coefficient (Wildman–Crippen LogP) is 3.98. The molecule has 5 nitrogen and oxygen atoms in total. The molecule has 0 heterocycles. The molecule has 8 atom stereocenters. The lowest BCUT2D eigenvalue weighted by atomic mass is 9.44. The highest BCUT2D eigenvalue weighted by Crippen LogP contribution is 2.70. The monoisotopic (exact) mass is 450 g/mol. The zero-order valence-electron chi connectivity index (χ0n) is 19.1. The van der Waals surface area contributed by atoms with E-state index in [4.69, 9.17) is 4.74 Å². The molecule has 0 aromatic heterocycles.